The molecule has 0 spiro atoms. The maximum absolute atomic E-state index is 6.46. The van der Waals surface area contributed by atoms with Crippen LogP contribution in [0.3, 0.4) is 0 Å². The summed E-state index contributed by atoms with van der Waals surface area (Å²) in [6.07, 6.45) is 0.858. The molecule has 2 nitrogen and oxygen atoms in total. The summed E-state index contributed by atoms with van der Waals surface area (Å²) in [6, 6.07) is 14.6. The Kier molecular flexibility index (Phi) is 5.05. The molecule has 106 valence electrons. The van der Waals surface area contributed by atoms with Crippen molar-refractivity contribution >= 4 is 23.0 Å². The number of rotatable bonds is 5. The van der Waals surface area contributed by atoms with Gasteiger partial charge in [-0.1, -0.05) is 35.9 Å². The molecule has 0 aliphatic carbocycles. The van der Waals surface area contributed by atoms with Crippen LogP contribution in [0.5, 0.6) is 0 Å². The molecule has 2 rings (SSSR count). The van der Waals surface area contributed by atoms with Crippen molar-refractivity contribution in [3.05, 3.63) is 58.6 Å². The van der Waals surface area contributed by atoms with E-state index in [9.17, 15) is 0 Å². The van der Waals surface area contributed by atoms with Crippen LogP contribution in [0.4, 0.5) is 11.4 Å². The molecule has 0 unspecified atom stereocenters. The molecule has 0 atom stereocenters. The molecule has 2 aromatic carbocycles. The lowest BCUT2D eigenvalue weighted by Crippen LogP contribution is -2.17. The van der Waals surface area contributed by atoms with Gasteiger partial charge in [-0.25, -0.2) is 0 Å². The van der Waals surface area contributed by atoms with Crippen LogP contribution in [-0.2, 0) is 6.42 Å². The summed E-state index contributed by atoms with van der Waals surface area (Å²) < 4.78 is 0. The lowest BCUT2D eigenvalue weighted by atomic mass is 10.1. The zero-order chi connectivity index (χ0) is 14.5. The molecule has 20 heavy (non-hydrogen) atoms. The zero-order valence-electron chi connectivity index (χ0n) is 12.1. The molecule has 0 heterocycles. The van der Waals surface area contributed by atoms with Gasteiger partial charge in [0.1, 0.15) is 0 Å². The van der Waals surface area contributed by atoms with E-state index in [1.807, 2.05) is 6.07 Å². The minimum Gasteiger partial charge on any atom is -0.340 e. The highest BCUT2D eigenvalue weighted by Gasteiger charge is 2.13. The van der Waals surface area contributed by atoms with E-state index in [-0.39, 0.29) is 0 Å². The van der Waals surface area contributed by atoms with Crippen LogP contribution in [0.1, 0.15) is 18.1 Å². The SMILES string of the molecule is CCN(c1ccccc1C)c1ccc(CCN)cc1Cl. The molecule has 0 amide bonds. The van der Waals surface area contributed by atoms with Crippen molar-refractivity contribution in [3.63, 3.8) is 0 Å². The van der Waals surface area contributed by atoms with Gasteiger partial charge in [0.15, 0.2) is 0 Å². The topological polar surface area (TPSA) is 29.3 Å². The van der Waals surface area contributed by atoms with Crippen LogP contribution in [0.25, 0.3) is 0 Å². The Hall–Kier alpha value is -1.51. The molecule has 2 N–H and O–H groups in total. The van der Waals surface area contributed by atoms with Gasteiger partial charge in [-0.15, -0.1) is 0 Å². The third-order valence-corrected chi connectivity index (χ3v) is 3.76. The van der Waals surface area contributed by atoms with Crippen LogP contribution in [-0.4, -0.2) is 13.1 Å². The fourth-order valence-corrected chi connectivity index (χ4v) is 2.73. The Morgan fingerprint density at radius 1 is 1.10 bits per heavy atom. The molecule has 0 saturated heterocycles. The number of nitrogens with zero attached hydrogens (tertiary/aromatic N) is 1. The normalized spacial score (nSPS) is 10.6. The van der Waals surface area contributed by atoms with E-state index in [2.05, 4.69) is 55.1 Å². The average Bonchev–Trinajstić information content (AvgIpc) is 2.44. The van der Waals surface area contributed by atoms with Crippen LogP contribution >= 0.6 is 11.6 Å². The first kappa shape index (κ1) is 14.9. The first-order valence-electron chi connectivity index (χ1n) is 6.99. The van der Waals surface area contributed by atoms with Crippen molar-refractivity contribution in [1.82, 2.24) is 0 Å². The smallest absolute Gasteiger partial charge is 0.0645 e. The van der Waals surface area contributed by atoms with Gasteiger partial charge in [-0.05, 0) is 56.1 Å². The standard InChI is InChI=1S/C17H21ClN2/c1-3-20(16-7-5-4-6-13(16)2)17-9-8-14(10-11-19)12-15(17)18/h4-9,12H,3,10-11,19H2,1-2H3. The van der Waals surface area contributed by atoms with Gasteiger partial charge in [0.2, 0.25) is 0 Å². The lowest BCUT2D eigenvalue weighted by Gasteiger charge is -2.26. The van der Waals surface area contributed by atoms with E-state index in [1.54, 1.807) is 0 Å². The molecular formula is C17H21ClN2. The number of nitrogens with two attached hydrogens (primary N) is 1. The van der Waals surface area contributed by atoms with Gasteiger partial charge in [0.25, 0.3) is 0 Å². The van der Waals surface area contributed by atoms with E-state index in [0.717, 1.165) is 23.7 Å². The van der Waals surface area contributed by atoms with Crippen molar-refractivity contribution < 1.29 is 0 Å². The predicted octanol–water partition coefficient (Wildman–Crippen LogP) is 4.31. The highest BCUT2D eigenvalue weighted by molar-refractivity contribution is 6.33. The molecule has 0 bridgehead atoms. The maximum atomic E-state index is 6.46. The number of aryl methyl sites for hydroxylation is 1. The van der Waals surface area contributed by atoms with Crippen LogP contribution in [0.2, 0.25) is 5.02 Å². The van der Waals surface area contributed by atoms with E-state index < -0.39 is 0 Å². The minimum absolute atomic E-state index is 0.644. The van der Waals surface area contributed by atoms with Gasteiger partial charge in [0.05, 0.1) is 10.7 Å². The van der Waals surface area contributed by atoms with Gasteiger partial charge in [0, 0.05) is 12.2 Å². The number of hydrogen-bond donors (Lipinski definition) is 1. The Balaban J connectivity index is 2.40. The van der Waals surface area contributed by atoms with E-state index >= 15 is 0 Å². The third-order valence-electron chi connectivity index (χ3n) is 3.46. The van der Waals surface area contributed by atoms with Crippen molar-refractivity contribution in [2.45, 2.75) is 20.3 Å². The molecule has 0 saturated carbocycles. The number of para-hydroxylation sites is 1. The number of benzene rings is 2. The Morgan fingerprint density at radius 3 is 2.45 bits per heavy atom. The van der Waals surface area contributed by atoms with Gasteiger partial charge < -0.3 is 10.6 Å². The van der Waals surface area contributed by atoms with Crippen molar-refractivity contribution in [2.24, 2.45) is 5.73 Å². The fraction of sp³-hybridized carbons (Fsp3) is 0.294. The Labute approximate surface area is 126 Å². The summed E-state index contributed by atoms with van der Waals surface area (Å²) >= 11 is 6.46. The van der Waals surface area contributed by atoms with Crippen molar-refractivity contribution in [3.8, 4) is 0 Å². The van der Waals surface area contributed by atoms with Gasteiger partial charge in [-0.2, -0.15) is 0 Å². The highest BCUT2D eigenvalue weighted by atomic mass is 35.5. The van der Waals surface area contributed by atoms with Crippen LogP contribution < -0.4 is 10.6 Å². The van der Waals surface area contributed by atoms with Gasteiger partial charge in [-0.3, -0.25) is 0 Å². The number of halogens is 1. The lowest BCUT2D eigenvalue weighted by molar-refractivity contribution is 0.965. The molecule has 0 radical (unpaired) electrons. The second-order valence-corrected chi connectivity index (χ2v) is 5.26. The summed E-state index contributed by atoms with van der Waals surface area (Å²) in [4.78, 5) is 2.24. The minimum atomic E-state index is 0.644. The number of hydrogen-bond acceptors (Lipinski definition) is 2. The molecule has 2 aromatic rings. The van der Waals surface area contributed by atoms with E-state index in [0.29, 0.717) is 6.54 Å². The first-order valence-corrected chi connectivity index (χ1v) is 7.36. The summed E-state index contributed by atoms with van der Waals surface area (Å²) in [7, 11) is 0. The molecule has 3 heteroatoms. The molecule has 0 fully saturated rings. The number of anilines is 2. The van der Waals surface area contributed by atoms with E-state index in [4.69, 9.17) is 17.3 Å². The van der Waals surface area contributed by atoms with Crippen LogP contribution in [0, 0.1) is 6.92 Å². The first-order chi connectivity index (χ1) is 9.67. The fourth-order valence-electron chi connectivity index (χ4n) is 2.43. The Bertz CT molecular complexity index is 581. The maximum Gasteiger partial charge on any atom is 0.0645 e. The Morgan fingerprint density at radius 2 is 1.85 bits per heavy atom. The summed E-state index contributed by atoms with van der Waals surface area (Å²) in [5.41, 5.74) is 10.3. The highest BCUT2D eigenvalue weighted by Crippen LogP contribution is 2.34. The average molecular weight is 289 g/mol. The molecular weight excluding hydrogens is 268 g/mol. The van der Waals surface area contributed by atoms with Crippen molar-refractivity contribution in [1.29, 1.82) is 0 Å². The van der Waals surface area contributed by atoms with Crippen LogP contribution in [0.15, 0.2) is 42.5 Å². The summed E-state index contributed by atoms with van der Waals surface area (Å²) in [6.45, 7) is 5.77. The third kappa shape index (κ3) is 3.14. The second kappa shape index (κ2) is 6.78. The molecule has 0 aromatic heterocycles. The van der Waals surface area contributed by atoms with Gasteiger partial charge >= 0.3 is 0 Å². The molecule has 0 aliphatic heterocycles. The molecule has 0 aliphatic rings. The summed E-state index contributed by atoms with van der Waals surface area (Å²) in [5, 5.41) is 0.779. The van der Waals surface area contributed by atoms with E-state index in [1.165, 1.54) is 16.8 Å². The predicted molar refractivity (Wildman–Crippen MR) is 88.1 cm³/mol. The van der Waals surface area contributed by atoms with Crippen molar-refractivity contribution in [2.75, 3.05) is 18.0 Å². The zero-order valence-corrected chi connectivity index (χ0v) is 12.8. The second-order valence-electron chi connectivity index (χ2n) is 4.86. The quantitative estimate of drug-likeness (QED) is 0.888. The monoisotopic (exact) mass is 288 g/mol. The largest absolute Gasteiger partial charge is 0.340 e. The summed E-state index contributed by atoms with van der Waals surface area (Å²) in [5.74, 6) is 0.